The summed E-state index contributed by atoms with van der Waals surface area (Å²) in [6, 6.07) is 14.9. The van der Waals surface area contributed by atoms with Gasteiger partial charge in [0.15, 0.2) is 0 Å². The first-order chi connectivity index (χ1) is 14.7. The first kappa shape index (κ1) is 21.9. The Kier molecular flexibility index (Phi) is 8.80. The second kappa shape index (κ2) is 12.0. The van der Waals surface area contributed by atoms with Crippen LogP contribution < -0.4 is 20.1 Å². The van der Waals surface area contributed by atoms with Crippen molar-refractivity contribution in [2.75, 3.05) is 50.2 Å². The Balaban J connectivity index is 1.42. The first-order valence-corrected chi connectivity index (χ1v) is 10.4. The number of hydrogen-bond donors (Lipinski definition) is 2. The summed E-state index contributed by atoms with van der Waals surface area (Å²) in [5.41, 5.74) is 1.48. The maximum Gasteiger partial charge on any atom is 0.243 e. The number of carbonyl (C=O) groups excluding carboxylic acids is 1. The zero-order valence-corrected chi connectivity index (χ0v) is 17.4. The summed E-state index contributed by atoms with van der Waals surface area (Å²) in [6.07, 6.45) is 2.32. The van der Waals surface area contributed by atoms with Gasteiger partial charge in [0.1, 0.15) is 24.7 Å². The van der Waals surface area contributed by atoms with E-state index < -0.39 is 0 Å². The number of carbonyl (C=O) groups is 1. The Morgan fingerprint density at radius 3 is 2.70 bits per heavy atom. The molecule has 1 aliphatic heterocycles. The molecule has 1 fully saturated rings. The smallest absolute Gasteiger partial charge is 0.243 e. The van der Waals surface area contributed by atoms with Gasteiger partial charge in [0.2, 0.25) is 5.91 Å². The van der Waals surface area contributed by atoms with E-state index in [4.69, 9.17) is 18.9 Å². The molecular weight excluding hydrogens is 384 g/mol. The molecular formula is C23H30N2O5. The number of rotatable bonds is 12. The maximum absolute atomic E-state index is 12.3. The van der Waals surface area contributed by atoms with Gasteiger partial charge >= 0.3 is 0 Å². The molecule has 0 spiro atoms. The fourth-order valence-corrected chi connectivity index (χ4v) is 3.07. The van der Waals surface area contributed by atoms with Crippen LogP contribution in [0.25, 0.3) is 0 Å². The third-order valence-electron chi connectivity index (χ3n) is 4.61. The molecule has 1 saturated heterocycles. The molecule has 0 aromatic heterocycles. The number of anilines is 2. The summed E-state index contributed by atoms with van der Waals surface area (Å²) in [4.78, 5) is 12.3. The van der Waals surface area contributed by atoms with E-state index in [2.05, 4.69) is 10.6 Å². The summed E-state index contributed by atoms with van der Waals surface area (Å²) in [5.74, 6) is 1.31. The molecule has 162 valence electrons. The lowest BCUT2D eigenvalue weighted by molar-refractivity contribution is -0.114. The summed E-state index contributed by atoms with van der Waals surface area (Å²) < 4.78 is 22.3. The minimum Gasteiger partial charge on any atom is -0.491 e. The van der Waals surface area contributed by atoms with Crippen molar-refractivity contribution >= 4 is 17.3 Å². The molecule has 1 amide bonds. The highest BCUT2D eigenvalue weighted by molar-refractivity contribution is 5.94. The number of benzene rings is 2. The number of amides is 1. The summed E-state index contributed by atoms with van der Waals surface area (Å²) in [6.45, 7) is 5.09. The van der Waals surface area contributed by atoms with Crippen molar-refractivity contribution in [2.45, 2.75) is 25.9 Å². The second-order valence-corrected chi connectivity index (χ2v) is 6.91. The van der Waals surface area contributed by atoms with Crippen molar-refractivity contribution in [3.05, 3.63) is 48.5 Å². The third kappa shape index (κ3) is 7.24. The average molecular weight is 415 g/mol. The van der Waals surface area contributed by atoms with Gasteiger partial charge < -0.3 is 29.6 Å². The standard InChI is InChI=1S/C23H30N2O5/c1-2-27-14-15-29-22-8-4-3-7-21(22)24-16-23(26)25-18-9-11-19(12-10-18)30-17-20-6-5-13-28-20/h3-4,7-12,20,24H,2,5-6,13-17H2,1H3,(H,25,26). The highest BCUT2D eigenvalue weighted by atomic mass is 16.5. The van der Waals surface area contributed by atoms with Gasteiger partial charge in [-0.25, -0.2) is 0 Å². The van der Waals surface area contributed by atoms with Crippen LogP contribution in [0.2, 0.25) is 0 Å². The van der Waals surface area contributed by atoms with Crippen LogP contribution in [0.15, 0.2) is 48.5 Å². The fraction of sp³-hybridized carbons (Fsp3) is 0.435. The molecule has 30 heavy (non-hydrogen) atoms. The lowest BCUT2D eigenvalue weighted by Gasteiger charge is -2.14. The molecule has 1 atom stereocenters. The van der Waals surface area contributed by atoms with Gasteiger partial charge in [-0.3, -0.25) is 4.79 Å². The van der Waals surface area contributed by atoms with Crippen molar-refractivity contribution in [1.29, 1.82) is 0 Å². The Morgan fingerprint density at radius 1 is 1.10 bits per heavy atom. The highest BCUT2D eigenvalue weighted by Gasteiger charge is 2.16. The van der Waals surface area contributed by atoms with Gasteiger partial charge in [0, 0.05) is 18.9 Å². The Morgan fingerprint density at radius 2 is 1.93 bits per heavy atom. The van der Waals surface area contributed by atoms with Crippen LogP contribution in [-0.2, 0) is 14.3 Å². The van der Waals surface area contributed by atoms with Gasteiger partial charge in [-0.1, -0.05) is 12.1 Å². The van der Waals surface area contributed by atoms with E-state index >= 15 is 0 Å². The van der Waals surface area contributed by atoms with Crippen LogP contribution in [0.1, 0.15) is 19.8 Å². The van der Waals surface area contributed by atoms with Gasteiger partial charge in [-0.15, -0.1) is 0 Å². The van der Waals surface area contributed by atoms with Crippen LogP contribution in [0, 0.1) is 0 Å². The van der Waals surface area contributed by atoms with Gasteiger partial charge in [-0.05, 0) is 56.2 Å². The first-order valence-electron chi connectivity index (χ1n) is 10.4. The van der Waals surface area contributed by atoms with Crippen molar-refractivity contribution in [3.63, 3.8) is 0 Å². The average Bonchev–Trinajstić information content (AvgIpc) is 3.29. The van der Waals surface area contributed by atoms with Crippen molar-refractivity contribution in [3.8, 4) is 11.5 Å². The molecule has 2 aromatic carbocycles. The molecule has 2 N–H and O–H groups in total. The molecule has 7 heteroatoms. The lowest BCUT2D eigenvalue weighted by atomic mass is 10.2. The molecule has 7 nitrogen and oxygen atoms in total. The number of para-hydroxylation sites is 2. The van der Waals surface area contributed by atoms with Crippen LogP contribution in [0.5, 0.6) is 11.5 Å². The van der Waals surface area contributed by atoms with E-state index in [1.807, 2.05) is 55.5 Å². The lowest BCUT2D eigenvalue weighted by Crippen LogP contribution is -2.22. The summed E-state index contributed by atoms with van der Waals surface area (Å²) >= 11 is 0. The molecule has 2 aromatic rings. The largest absolute Gasteiger partial charge is 0.491 e. The molecule has 0 saturated carbocycles. The van der Waals surface area contributed by atoms with Crippen LogP contribution in [0.3, 0.4) is 0 Å². The number of nitrogens with one attached hydrogen (secondary N) is 2. The van der Waals surface area contributed by atoms with Crippen molar-refractivity contribution in [1.82, 2.24) is 0 Å². The maximum atomic E-state index is 12.3. The molecule has 3 rings (SSSR count). The van der Waals surface area contributed by atoms with E-state index in [0.717, 1.165) is 30.9 Å². The summed E-state index contributed by atoms with van der Waals surface area (Å²) in [5, 5.41) is 5.99. The molecule has 1 heterocycles. The van der Waals surface area contributed by atoms with Crippen LogP contribution >= 0.6 is 0 Å². The molecule has 0 aliphatic carbocycles. The molecule has 1 unspecified atom stereocenters. The van der Waals surface area contributed by atoms with E-state index in [-0.39, 0.29) is 18.6 Å². The fourth-order valence-electron chi connectivity index (χ4n) is 3.07. The van der Waals surface area contributed by atoms with Crippen molar-refractivity contribution < 1.29 is 23.7 Å². The topological polar surface area (TPSA) is 78.1 Å². The zero-order chi connectivity index (χ0) is 21.0. The van der Waals surface area contributed by atoms with Gasteiger partial charge in [0.25, 0.3) is 0 Å². The Hall–Kier alpha value is -2.77. The molecule has 1 aliphatic rings. The second-order valence-electron chi connectivity index (χ2n) is 6.91. The highest BCUT2D eigenvalue weighted by Crippen LogP contribution is 2.23. The summed E-state index contributed by atoms with van der Waals surface area (Å²) in [7, 11) is 0. The zero-order valence-electron chi connectivity index (χ0n) is 17.4. The monoisotopic (exact) mass is 414 g/mol. The van der Waals surface area contributed by atoms with Crippen LogP contribution in [0.4, 0.5) is 11.4 Å². The van der Waals surface area contributed by atoms with Gasteiger partial charge in [0.05, 0.1) is 24.9 Å². The van der Waals surface area contributed by atoms with E-state index in [0.29, 0.717) is 37.9 Å². The van der Waals surface area contributed by atoms with E-state index in [9.17, 15) is 4.79 Å². The van der Waals surface area contributed by atoms with Crippen molar-refractivity contribution in [2.24, 2.45) is 0 Å². The number of ether oxygens (including phenoxy) is 4. The molecule has 0 bridgehead atoms. The third-order valence-corrected chi connectivity index (χ3v) is 4.61. The Labute approximate surface area is 177 Å². The predicted molar refractivity (Wildman–Crippen MR) is 116 cm³/mol. The SMILES string of the molecule is CCOCCOc1ccccc1NCC(=O)Nc1ccc(OCC2CCCO2)cc1. The molecule has 0 radical (unpaired) electrons. The van der Waals surface area contributed by atoms with Crippen LogP contribution in [-0.4, -0.2) is 51.6 Å². The number of hydrogen-bond acceptors (Lipinski definition) is 6. The van der Waals surface area contributed by atoms with Gasteiger partial charge in [-0.2, -0.15) is 0 Å². The van der Waals surface area contributed by atoms with E-state index in [1.165, 1.54) is 0 Å². The quantitative estimate of drug-likeness (QED) is 0.516. The minimum atomic E-state index is -0.146. The predicted octanol–water partition coefficient (Wildman–Crippen LogP) is 3.71. The normalized spacial score (nSPS) is 15.6. The van der Waals surface area contributed by atoms with E-state index in [1.54, 1.807) is 0 Å². The Bertz CT molecular complexity index is 775. The minimum absolute atomic E-state index is 0.128.